The van der Waals surface area contributed by atoms with Crippen LogP contribution < -0.4 is 10.7 Å². The molecule has 1 aliphatic heterocycles. The number of carbonyl (C=O) groups excluding carboxylic acids is 1. The van der Waals surface area contributed by atoms with Crippen LogP contribution in [-0.4, -0.2) is 27.2 Å². The molecule has 0 saturated heterocycles. The highest BCUT2D eigenvalue weighted by Crippen LogP contribution is 2.33. The highest BCUT2D eigenvalue weighted by atomic mass is 32.1. The molecule has 0 radical (unpaired) electrons. The Balaban J connectivity index is 1.36. The molecule has 0 bridgehead atoms. The number of carbonyl (C=O) groups is 1. The lowest BCUT2D eigenvalue weighted by atomic mass is 10.1. The van der Waals surface area contributed by atoms with Crippen LogP contribution in [0.2, 0.25) is 0 Å². The molecule has 156 valence electrons. The molecular weight excluding hydrogens is 419 g/mol. The van der Waals surface area contributed by atoms with Gasteiger partial charge in [0.2, 0.25) is 11.8 Å². The first-order valence-electron chi connectivity index (χ1n) is 9.67. The number of anilines is 1. The Kier molecular flexibility index (Phi) is 4.74. The number of hydrogen-bond donors (Lipinski definition) is 0. The van der Waals surface area contributed by atoms with Crippen molar-refractivity contribution in [2.45, 2.75) is 19.9 Å². The second-order valence-corrected chi connectivity index (χ2v) is 8.29. The number of hydrogen-bond acceptors (Lipinski definition) is 6. The zero-order valence-corrected chi connectivity index (χ0v) is 17.4. The second kappa shape index (κ2) is 7.59. The third-order valence-electron chi connectivity index (χ3n) is 5.17. The van der Waals surface area contributed by atoms with Crippen LogP contribution in [0.25, 0.3) is 22.7 Å². The van der Waals surface area contributed by atoms with E-state index < -0.39 is 11.6 Å². The average molecular weight is 436 g/mol. The van der Waals surface area contributed by atoms with E-state index in [0.717, 1.165) is 38.6 Å². The van der Waals surface area contributed by atoms with Crippen LogP contribution in [0.4, 0.5) is 10.1 Å². The van der Waals surface area contributed by atoms with Crippen molar-refractivity contribution >= 4 is 22.9 Å². The number of halogens is 1. The predicted molar refractivity (Wildman–Crippen MR) is 115 cm³/mol. The molecule has 3 heterocycles. The first-order valence-corrected chi connectivity index (χ1v) is 10.6. The van der Waals surface area contributed by atoms with Crippen molar-refractivity contribution in [2.75, 3.05) is 11.4 Å². The number of thiazole rings is 1. The summed E-state index contributed by atoms with van der Waals surface area (Å²) in [6.45, 7) is 2.26. The summed E-state index contributed by atoms with van der Waals surface area (Å²) in [7, 11) is 0. The maximum atomic E-state index is 13.1. The quantitative estimate of drug-likeness (QED) is 0.488. The Hall–Kier alpha value is -3.59. The van der Waals surface area contributed by atoms with Crippen LogP contribution in [-0.2, 0) is 17.8 Å². The first-order chi connectivity index (χ1) is 15.0. The smallest absolute Gasteiger partial charge is 0.388 e. The fourth-order valence-electron chi connectivity index (χ4n) is 3.64. The molecule has 1 amide bonds. The molecule has 0 saturated carbocycles. The third kappa shape index (κ3) is 3.68. The van der Waals surface area contributed by atoms with Crippen molar-refractivity contribution in [3.8, 4) is 22.7 Å². The van der Waals surface area contributed by atoms with Gasteiger partial charge in [0, 0.05) is 28.7 Å². The van der Waals surface area contributed by atoms with Gasteiger partial charge in [-0.3, -0.25) is 4.79 Å². The number of nitrogens with zero attached hydrogens (tertiary/aromatic N) is 4. The van der Waals surface area contributed by atoms with E-state index in [1.807, 2.05) is 24.4 Å². The zero-order chi connectivity index (χ0) is 21.5. The summed E-state index contributed by atoms with van der Waals surface area (Å²) in [5, 5.41) is 7.12. The van der Waals surface area contributed by atoms with Gasteiger partial charge in [0.05, 0.1) is 10.7 Å². The molecule has 0 N–H and O–H groups in total. The molecule has 0 atom stereocenters. The molecule has 31 heavy (non-hydrogen) atoms. The Bertz CT molecular complexity index is 1340. The van der Waals surface area contributed by atoms with Crippen LogP contribution in [0.3, 0.4) is 0 Å². The number of aromatic nitrogens is 3. The van der Waals surface area contributed by atoms with Crippen molar-refractivity contribution < 1.29 is 13.6 Å². The molecule has 0 unspecified atom stereocenters. The monoisotopic (exact) mass is 436 g/mol. The summed E-state index contributed by atoms with van der Waals surface area (Å²) in [5.74, 6) is -1.34. The largest absolute Gasteiger partial charge is 0.437 e. The topological polar surface area (TPSA) is 81.2 Å². The molecule has 2 aromatic carbocycles. The van der Waals surface area contributed by atoms with Crippen LogP contribution >= 0.6 is 11.3 Å². The highest BCUT2D eigenvalue weighted by Gasteiger charge is 2.26. The number of amides is 1. The number of benzene rings is 2. The molecule has 4 aromatic rings. The second-order valence-electron chi connectivity index (χ2n) is 7.23. The zero-order valence-electron chi connectivity index (χ0n) is 16.5. The Morgan fingerprint density at radius 1 is 1.19 bits per heavy atom. The van der Waals surface area contributed by atoms with Crippen LogP contribution in [0.5, 0.6) is 0 Å². The molecule has 7 nitrogen and oxygen atoms in total. The van der Waals surface area contributed by atoms with Crippen molar-refractivity contribution in [3.05, 3.63) is 74.8 Å². The lowest BCUT2D eigenvalue weighted by Gasteiger charge is -2.17. The summed E-state index contributed by atoms with van der Waals surface area (Å²) in [6, 6.07) is 11.4. The van der Waals surface area contributed by atoms with E-state index >= 15 is 0 Å². The van der Waals surface area contributed by atoms with E-state index in [-0.39, 0.29) is 18.3 Å². The van der Waals surface area contributed by atoms with Crippen molar-refractivity contribution in [3.63, 3.8) is 0 Å². The fourth-order valence-corrected chi connectivity index (χ4v) is 4.27. The minimum Gasteiger partial charge on any atom is -0.388 e. The van der Waals surface area contributed by atoms with E-state index in [1.54, 1.807) is 16.2 Å². The van der Waals surface area contributed by atoms with Crippen molar-refractivity contribution in [1.29, 1.82) is 0 Å². The molecular formula is C22H17FN4O3S. The Morgan fingerprint density at radius 2 is 1.97 bits per heavy atom. The summed E-state index contributed by atoms with van der Waals surface area (Å²) < 4.78 is 19.2. The summed E-state index contributed by atoms with van der Waals surface area (Å²) in [5.41, 5.74) is 4.31. The lowest BCUT2D eigenvalue weighted by molar-refractivity contribution is -0.119. The van der Waals surface area contributed by atoms with Gasteiger partial charge in [0.1, 0.15) is 12.4 Å². The van der Waals surface area contributed by atoms with Gasteiger partial charge >= 0.3 is 5.76 Å². The van der Waals surface area contributed by atoms with Gasteiger partial charge in [-0.15, -0.1) is 16.4 Å². The third-order valence-corrected chi connectivity index (χ3v) is 5.95. The first kappa shape index (κ1) is 19.4. The molecule has 0 spiro atoms. The SMILES string of the molecule is Cc1nc(-c2ccc3c(c2)CCN3C(=O)Cn2nc(-c3ccc(F)cc3)oc2=O)cs1. The maximum absolute atomic E-state index is 13.1. The fraction of sp³-hybridized carbons (Fsp3) is 0.182. The predicted octanol–water partition coefficient (Wildman–Crippen LogP) is 3.66. The molecule has 0 aliphatic carbocycles. The number of fused-ring (bicyclic) bond motifs is 1. The lowest BCUT2D eigenvalue weighted by Crippen LogP contribution is -2.35. The highest BCUT2D eigenvalue weighted by molar-refractivity contribution is 7.09. The van der Waals surface area contributed by atoms with Gasteiger partial charge in [0.25, 0.3) is 0 Å². The Labute approximate surface area is 180 Å². The molecule has 5 rings (SSSR count). The van der Waals surface area contributed by atoms with E-state index in [1.165, 1.54) is 24.3 Å². The molecule has 0 fully saturated rings. The van der Waals surface area contributed by atoms with Crippen molar-refractivity contribution in [1.82, 2.24) is 14.8 Å². The van der Waals surface area contributed by atoms with E-state index in [2.05, 4.69) is 16.1 Å². The summed E-state index contributed by atoms with van der Waals surface area (Å²) in [4.78, 5) is 31.2. The maximum Gasteiger partial charge on any atom is 0.437 e. The minimum atomic E-state index is -0.735. The number of aryl methyl sites for hydroxylation is 1. The van der Waals surface area contributed by atoms with Gasteiger partial charge in [-0.05, 0) is 55.3 Å². The molecule has 2 aromatic heterocycles. The van der Waals surface area contributed by atoms with Gasteiger partial charge < -0.3 is 9.32 Å². The van der Waals surface area contributed by atoms with E-state index in [9.17, 15) is 14.0 Å². The molecule has 1 aliphatic rings. The van der Waals surface area contributed by atoms with E-state index in [4.69, 9.17) is 4.42 Å². The molecule has 9 heteroatoms. The summed E-state index contributed by atoms with van der Waals surface area (Å²) >= 11 is 1.60. The summed E-state index contributed by atoms with van der Waals surface area (Å²) in [6.07, 6.45) is 0.729. The van der Waals surface area contributed by atoms with Crippen LogP contribution in [0.1, 0.15) is 10.6 Å². The van der Waals surface area contributed by atoms with E-state index in [0.29, 0.717) is 12.1 Å². The van der Waals surface area contributed by atoms with Gasteiger partial charge in [-0.1, -0.05) is 6.07 Å². The Morgan fingerprint density at radius 3 is 2.71 bits per heavy atom. The minimum absolute atomic E-state index is 0.0443. The van der Waals surface area contributed by atoms with Gasteiger partial charge in [0.15, 0.2) is 0 Å². The van der Waals surface area contributed by atoms with Crippen molar-refractivity contribution in [2.24, 2.45) is 0 Å². The van der Waals surface area contributed by atoms with Crippen LogP contribution in [0, 0.1) is 12.7 Å². The van der Waals surface area contributed by atoms with Crippen LogP contribution in [0.15, 0.2) is 57.1 Å². The average Bonchev–Trinajstić information content (AvgIpc) is 3.47. The number of rotatable bonds is 4. The van der Waals surface area contributed by atoms with Gasteiger partial charge in [-0.25, -0.2) is 14.2 Å². The standard InChI is InChI=1S/C22H17FN4O3S/c1-13-24-18(12-31-13)15-4-7-19-16(10-15)8-9-26(19)20(28)11-27-22(29)30-21(25-27)14-2-5-17(23)6-3-14/h2-7,10,12H,8-9,11H2,1H3. The normalized spacial score (nSPS) is 12.9. The van der Waals surface area contributed by atoms with Gasteiger partial charge in [-0.2, -0.15) is 4.68 Å².